The molecule has 0 aliphatic heterocycles. The van der Waals surface area contributed by atoms with Crippen molar-refractivity contribution in [3.05, 3.63) is 66.0 Å². The van der Waals surface area contributed by atoms with Crippen molar-refractivity contribution in [1.82, 2.24) is 20.1 Å². The van der Waals surface area contributed by atoms with Gasteiger partial charge in [0.05, 0.1) is 18.0 Å². The summed E-state index contributed by atoms with van der Waals surface area (Å²) in [5.41, 5.74) is 3.65. The lowest BCUT2D eigenvalue weighted by molar-refractivity contribution is -0.122. The van der Waals surface area contributed by atoms with E-state index >= 15 is 0 Å². The topological polar surface area (TPSA) is 88.9 Å². The van der Waals surface area contributed by atoms with Crippen molar-refractivity contribution in [2.75, 3.05) is 17.6 Å². The van der Waals surface area contributed by atoms with E-state index in [2.05, 4.69) is 20.7 Å². The molecule has 2 N–H and O–H groups in total. The first-order valence-corrected chi connectivity index (χ1v) is 9.74. The number of benzene rings is 2. The van der Waals surface area contributed by atoms with Gasteiger partial charge in [0.2, 0.25) is 17.0 Å². The zero-order valence-electron chi connectivity index (χ0n) is 15.7. The van der Waals surface area contributed by atoms with Crippen molar-refractivity contribution in [2.45, 2.75) is 19.0 Å². The number of nitrogens with one attached hydrogen (secondary N) is 2. The Kier molecular flexibility index (Phi) is 6.44. The molecule has 2 amide bonds. The van der Waals surface area contributed by atoms with Crippen molar-refractivity contribution in [3.8, 4) is 5.69 Å². The fourth-order valence-electron chi connectivity index (χ4n) is 2.57. The third-order valence-electron chi connectivity index (χ3n) is 4.02. The molecule has 8 heteroatoms. The van der Waals surface area contributed by atoms with Crippen LogP contribution in [-0.2, 0) is 9.59 Å². The molecule has 3 rings (SSSR count). The second-order valence-electron chi connectivity index (χ2n) is 6.19. The third kappa shape index (κ3) is 5.20. The second kappa shape index (κ2) is 9.18. The van der Waals surface area contributed by atoms with Gasteiger partial charge in [0.15, 0.2) is 0 Å². The van der Waals surface area contributed by atoms with Gasteiger partial charge in [-0.1, -0.05) is 48.2 Å². The van der Waals surface area contributed by atoms with Gasteiger partial charge in [-0.05, 0) is 37.1 Å². The molecule has 3 aromatic rings. The summed E-state index contributed by atoms with van der Waals surface area (Å²) in [7, 11) is 0. The van der Waals surface area contributed by atoms with Crippen LogP contribution in [0.4, 0.5) is 5.69 Å². The molecule has 0 atom stereocenters. The minimum Gasteiger partial charge on any atom is -0.346 e. The smallest absolute Gasteiger partial charge is 0.243 e. The largest absolute Gasteiger partial charge is 0.346 e. The lowest BCUT2D eigenvalue weighted by Crippen LogP contribution is -2.34. The summed E-state index contributed by atoms with van der Waals surface area (Å²) in [6.45, 7) is 3.78. The summed E-state index contributed by atoms with van der Waals surface area (Å²) in [5, 5.41) is 10.3. The van der Waals surface area contributed by atoms with Gasteiger partial charge in [-0.3, -0.25) is 9.59 Å². The van der Waals surface area contributed by atoms with Gasteiger partial charge < -0.3 is 10.6 Å². The average molecular weight is 395 g/mol. The Morgan fingerprint density at radius 2 is 1.71 bits per heavy atom. The maximum Gasteiger partial charge on any atom is 0.243 e. The van der Waals surface area contributed by atoms with Crippen LogP contribution in [-0.4, -0.2) is 38.9 Å². The molecule has 0 fully saturated rings. The highest BCUT2D eigenvalue weighted by molar-refractivity contribution is 7.99. The highest BCUT2D eigenvalue weighted by atomic mass is 32.2. The van der Waals surface area contributed by atoms with Gasteiger partial charge >= 0.3 is 0 Å². The number of thioether (sulfide) groups is 1. The Balaban J connectivity index is 1.45. The predicted octanol–water partition coefficient (Wildman–Crippen LogP) is 2.73. The van der Waals surface area contributed by atoms with Crippen LogP contribution in [0.25, 0.3) is 5.69 Å². The molecule has 0 saturated heterocycles. The Labute approximate surface area is 167 Å². The van der Waals surface area contributed by atoms with Crippen LogP contribution in [0.15, 0.2) is 60.0 Å². The standard InChI is InChI=1S/C20H21N5O2S/c1-14-7-6-8-15(2)19(14)23-17(26)11-21-18(27)12-28-20-22-13-25(24-20)16-9-4-3-5-10-16/h3-10,13H,11-12H2,1-2H3,(H,21,27)(H,23,26). The number of hydrogen-bond acceptors (Lipinski definition) is 5. The number of para-hydroxylation sites is 2. The maximum atomic E-state index is 12.1. The molecule has 1 heterocycles. The van der Waals surface area contributed by atoms with Gasteiger partial charge in [-0.2, -0.15) is 0 Å². The van der Waals surface area contributed by atoms with Gasteiger partial charge in [0.1, 0.15) is 6.33 Å². The first-order valence-electron chi connectivity index (χ1n) is 8.75. The van der Waals surface area contributed by atoms with Crippen molar-refractivity contribution >= 4 is 29.3 Å². The summed E-state index contributed by atoms with van der Waals surface area (Å²) in [6.07, 6.45) is 1.60. The second-order valence-corrected chi connectivity index (χ2v) is 7.13. The molecule has 7 nitrogen and oxygen atoms in total. The fourth-order valence-corrected chi connectivity index (χ4v) is 3.20. The summed E-state index contributed by atoms with van der Waals surface area (Å²) < 4.78 is 1.65. The maximum absolute atomic E-state index is 12.1. The molecule has 0 aliphatic rings. The lowest BCUT2D eigenvalue weighted by atomic mass is 10.1. The van der Waals surface area contributed by atoms with E-state index in [9.17, 15) is 9.59 Å². The van der Waals surface area contributed by atoms with E-state index in [0.29, 0.717) is 5.16 Å². The molecule has 0 aliphatic carbocycles. The first kappa shape index (κ1) is 19.6. The van der Waals surface area contributed by atoms with Crippen molar-refractivity contribution in [1.29, 1.82) is 0 Å². The number of aromatic nitrogens is 3. The van der Waals surface area contributed by atoms with Crippen LogP contribution >= 0.6 is 11.8 Å². The Hall–Kier alpha value is -3.13. The van der Waals surface area contributed by atoms with Gasteiger partial charge in [-0.25, -0.2) is 9.67 Å². The number of anilines is 1. The molecule has 28 heavy (non-hydrogen) atoms. The van der Waals surface area contributed by atoms with Gasteiger partial charge in [0, 0.05) is 5.69 Å². The van der Waals surface area contributed by atoms with E-state index in [-0.39, 0.29) is 24.1 Å². The van der Waals surface area contributed by atoms with Crippen molar-refractivity contribution < 1.29 is 9.59 Å². The molecular formula is C20H21N5O2S. The summed E-state index contributed by atoms with van der Waals surface area (Å²) in [4.78, 5) is 28.3. The van der Waals surface area contributed by atoms with E-state index < -0.39 is 0 Å². The number of carbonyl (C=O) groups is 2. The van der Waals surface area contributed by atoms with Gasteiger partial charge in [-0.15, -0.1) is 5.10 Å². The molecule has 0 spiro atoms. The van der Waals surface area contributed by atoms with Crippen LogP contribution in [0, 0.1) is 13.8 Å². The zero-order valence-corrected chi connectivity index (χ0v) is 16.5. The minimum absolute atomic E-state index is 0.0843. The molecule has 2 aromatic carbocycles. The summed E-state index contributed by atoms with van der Waals surface area (Å²) in [5.74, 6) is -0.380. The Morgan fingerprint density at radius 3 is 2.43 bits per heavy atom. The van der Waals surface area contributed by atoms with E-state index in [4.69, 9.17) is 0 Å². The fraction of sp³-hybridized carbons (Fsp3) is 0.200. The summed E-state index contributed by atoms with van der Waals surface area (Å²) in [6, 6.07) is 15.4. The minimum atomic E-state index is -0.262. The Bertz CT molecular complexity index is 951. The number of aryl methyl sites for hydroxylation is 2. The summed E-state index contributed by atoms with van der Waals surface area (Å²) >= 11 is 1.22. The molecule has 1 aromatic heterocycles. The van der Waals surface area contributed by atoms with Gasteiger partial charge in [0.25, 0.3) is 0 Å². The monoisotopic (exact) mass is 395 g/mol. The number of amides is 2. The van der Waals surface area contributed by atoms with Crippen LogP contribution in [0.3, 0.4) is 0 Å². The SMILES string of the molecule is Cc1cccc(C)c1NC(=O)CNC(=O)CSc1ncn(-c2ccccc2)n1. The number of carbonyl (C=O) groups excluding carboxylic acids is 2. The van der Waals surface area contributed by atoms with Crippen molar-refractivity contribution in [3.63, 3.8) is 0 Å². The highest BCUT2D eigenvalue weighted by Crippen LogP contribution is 2.19. The lowest BCUT2D eigenvalue weighted by Gasteiger charge is -2.11. The number of rotatable bonds is 7. The number of nitrogens with zero attached hydrogens (tertiary/aromatic N) is 3. The highest BCUT2D eigenvalue weighted by Gasteiger charge is 2.11. The molecule has 0 saturated carbocycles. The zero-order chi connectivity index (χ0) is 19.9. The predicted molar refractivity (Wildman–Crippen MR) is 110 cm³/mol. The van der Waals surface area contributed by atoms with Crippen LogP contribution < -0.4 is 10.6 Å². The molecule has 0 bridgehead atoms. The van der Waals surface area contributed by atoms with Crippen LogP contribution in [0.5, 0.6) is 0 Å². The third-order valence-corrected chi connectivity index (χ3v) is 4.87. The van der Waals surface area contributed by atoms with E-state index in [1.54, 1.807) is 11.0 Å². The van der Waals surface area contributed by atoms with Crippen LogP contribution in [0.1, 0.15) is 11.1 Å². The molecule has 0 unspecified atom stereocenters. The number of hydrogen-bond donors (Lipinski definition) is 2. The van der Waals surface area contributed by atoms with Crippen LogP contribution in [0.2, 0.25) is 0 Å². The first-order chi connectivity index (χ1) is 13.5. The molecule has 144 valence electrons. The van der Waals surface area contributed by atoms with E-state index in [0.717, 1.165) is 22.5 Å². The van der Waals surface area contributed by atoms with Crippen molar-refractivity contribution in [2.24, 2.45) is 0 Å². The van der Waals surface area contributed by atoms with E-state index in [1.165, 1.54) is 11.8 Å². The quantitative estimate of drug-likeness (QED) is 0.601. The average Bonchev–Trinajstić information content (AvgIpc) is 3.17. The Morgan fingerprint density at radius 1 is 1.00 bits per heavy atom. The molecule has 0 radical (unpaired) electrons. The molecular weight excluding hydrogens is 374 g/mol. The van der Waals surface area contributed by atoms with E-state index in [1.807, 2.05) is 62.4 Å². The normalized spacial score (nSPS) is 10.5.